The van der Waals surface area contributed by atoms with Gasteiger partial charge in [0.15, 0.2) is 0 Å². The van der Waals surface area contributed by atoms with Crippen molar-refractivity contribution in [3.8, 4) is 0 Å². The highest BCUT2D eigenvalue weighted by atomic mass is 32.1. The minimum absolute atomic E-state index is 0.708. The molecule has 0 radical (unpaired) electrons. The van der Waals surface area contributed by atoms with Gasteiger partial charge in [0, 0.05) is 17.9 Å². The van der Waals surface area contributed by atoms with Crippen LogP contribution in [0.15, 0.2) is 6.07 Å². The van der Waals surface area contributed by atoms with E-state index in [-0.39, 0.29) is 0 Å². The summed E-state index contributed by atoms with van der Waals surface area (Å²) in [4.78, 5) is 8.65. The fraction of sp³-hybridized carbons (Fsp3) is 0.600. The smallest absolute Gasteiger partial charge is 0.235 e. The van der Waals surface area contributed by atoms with Gasteiger partial charge in [0.25, 0.3) is 0 Å². The van der Waals surface area contributed by atoms with Gasteiger partial charge in [-0.1, -0.05) is 26.2 Å². The van der Waals surface area contributed by atoms with E-state index >= 15 is 0 Å². The third-order valence-electron chi connectivity index (χ3n) is 1.92. The minimum Gasteiger partial charge on any atom is -0.287 e. The average Bonchev–Trinajstić information content (AvgIpc) is 2.12. The average molecular weight is 211 g/mol. The molecule has 1 aromatic rings. The Labute approximate surface area is 91.1 Å². The zero-order valence-corrected chi connectivity index (χ0v) is 9.88. The summed E-state index contributed by atoms with van der Waals surface area (Å²) < 4.78 is 1.81. The number of hydrogen-bond donors (Lipinski definition) is 1. The van der Waals surface area contributed by atoms with Gasteiger partial charge in [-0.3, -0.25) is 4.31 Å². The first-order valence-corrected chi connectivity index (χ1v) is 5.32. The molecule has 0 aliphatic heterocycles. The van der Waals surface area contributed by atoms with Crippen LogP contribution in [0.3, 0.4) is 0 Å². The van der Waals surface area contributed by atoms with Gasteiger partial charge in [-0.2, -0.15) is 0 Å². The highest BCUT2D eigenvalue weighted by molar-refractivity contribution is 7.81. The molecule has 1 rings (SSSR count). The van der Waals surface area contributed by atoms with E-state index in [1.807, 2.05) is 24.2 Å². The van der Waals surface area contributed by atoms with Crippen molar-refractivity contribution in [1.82, 2.24) is 9.97 Å². The Morgan fingerprint density at radius 3 is 2.36 bits per heavy atom. The summed E-state index contributed by atoms with van der Waals surface area (Å²) in [5.74, 6) is 0.708. The quantitative estimate of drug-likeness (QED) is 0.776. The maximum atomic E-state index is 4.36. The molecule has 0 spiro atoms. The van der Waals surface area contributed by atoms with Gasteiger partial charge in [-0.25, -0.2) is 9.97 Å². The second kappa shape index (κ2) is 5.20. The van der Waals surface area contributed by atoms with Crippen molar-refractivity contribution in [1.29, 1.82) is 0 Å². The van der Waals surface area contributed by atoms with Crippen LogP contribution in [0.4, 0.5) is 5.95 Å². The van der Waals surface area contributed by atoms with E-state index in [1.54, 1.807) is 0 Å². The minimum atomic E-state index is 0.708. The molecule has 4 heteroatoms. The largest absolute Gasteiger partial charge is 0.287 e. The van der Waals surface area contributed by atoms with E-state index in [4.69, 9.17) is 0 Å². The molecule has 0 unspecified atom stereocenters. The van der Waals surface area contributed by atoms with Crippen LogP contribution in [0.5, 0.6) is 0 Å². The van der Waals surface area contributed by atoms with Gasteiger partial charge in [0.05, 0.1) is 0 Å². The molecule has 0 amide bonds. The lowest BCUT2D eigenvalue weighted by Gasteiger charge is -2.15. The van der Waals surface area contributed by atoms with Crippen molar-refractivity contribution >= 4 is 18.8 Å². The predicted molar refractivity (Wildman–Crippen MR) is 62.7 cm³/mol. The summed E-state index contributed by atoms with van der Waals surface area (Å²) in [5, 5.41) is 0. The van der Waals surface area contributed by atoms with Crippen molar-refractivity contribution < 1.29 is 0 Å². The van der Waals surface area contributed by atoms with Crippen LogP contribution in [0, 0.1) is 13.8 Å². The first-order valence-electron chi connectivity index (χ1n) is 4.92. The Balaban J connectivity index is 2.73. The SMILES string of the molecule is CCCCN(S)c1nc(C)cc(C)n1. The van der Waals surface area contributed by atoms with E-state index in [2.05, 4.69) is 29.7 Å². The van der Waals surface area contributed by atoms with Crippen molar-refractivity contribution in [2.75, 3.05) is 10.8 Å². The molecular weight excluding hydrogens is 194 g/mol. The van der Waals surface area contributed by atoms with E-state index in [0.717, 1.165) is 30.8 Å². The molecule has 0 saturated heterocycles. The number of aryl methyl sites for hydroxylation is 2. The molecule has 1 heterocycles. The Hall–Kier alpha value is -0.770. The van der Waals surface area contributed by atoms with Gasteiger partial charge in [0.1, 0.15) is 0 Å². The van der Waals surface area contributed by atoms with Gasteiger partial charge < -0.3 is 0 Å². The van der Waals surface area contributed by atoms with Crippen molar-refractivity contribution in [3.05, 3.63) is 17.5 Å². The normalized spacial score (nSPS) is 10.3. The number of hydrogen-bond acceptors (Lipinski definition) is 4. The zero-order valence-electron chi connectivity index (χ0n) is 8.99. The molecule has 0 bridgehead atoms. The van der Waals surface area contributed by atoms with E-state index in [0.29, 0.717) is 5.95 Å². The molecule has 14 heavy (non-hydrogen) atoms. The standard InChI is InChI=1S/C10H17N3S/c1-4-5-6-13(14)10-11-8(2)7-9(3)12-10/h7,14H,4-6H2,1-3H3. The molecule has 0 fully saturated rings. The molecule has 0 aromatic carbocycles. The first kappa shape index (κ1) is 11.3. The first-order chi connectivity index (χ1) is 6.63. The van der Waals surface area contributed by atoms with Gasteiger partial charge >= 0.3 is 0 Å². The Morgan fingerprint density at radius 1 is 1.29 bits per heavy atom. The molecule has 0 atom stereocenters. The molecular formula is C10H17N3S. The van der Waals surface area contributed by atoms with Crippen LogP contribution in [-0.2, 0) is 0 Å². The van der Waals surface area contributed by atoms with Crippen molar-refractivity contribution in [2.45, 2.75) is 33.6 Å². The van der Waals surface area contributed by atoms with Crippen LogP contribution in [0.2, 0.25) is 0 Å². The van der Waals surface area contributed by atoms with Gasteiger partial charge in [0.2, 0.25) is 5.95 Å². The molecule has 0 aliphatic rings. The van der Waals surface area contributed by atoms with E-state index in [1.165, 1.54) is 0 Å². The second-order valence-electron chi connectivity index (χ2n) is 3.43. The second-order valence-corrected chi connectivity index (χ2v) is 3.91. The molecule has 78 valence electrons. The van der Waals surface area contributed by atoms with Crippen LogP contribution < -0.4 is 4.31 Å². The number of unbranched alkanes of at least 4 members (excludes halogenated alkanes) is 1. The number of aromatic nitrogens is 2. The van der Waals surface area contributed by atoms with E-state index in [9.17, 15) is 0 Å². The van der Waals surface area contributed by atoms with Gasteiger partial charge in [-0.15, -0.1) is 0 Å². The van der Waals surface area contributed by atoms with Crippen LogP contribution in [0.25, 0.3) is 0 Å². The monoisotopic (exact) mass is 211 g/mol. The summed E-state index contributed by atoms with van der Waals surface area (Å²) in [6, 6.07) is 1.96. The molecule has 3 nitrogen and oxygen atoms in total. The Kier molecular flexibility index (Phi) is 4.20. The highest BCUT2D eigenvalue weighted by Crippen LogP contribution is 2.12. The summed E-state index contributed by atoms with van der Waals surface area (Å²) in [5.41, 5.74) is 1.98. The van der Waals surface area contributed by atoms with Crippen LogP contribution in [0.1, 0.15) is 31.2 Å². The molecule has 0 saturated carbocycles. The maximum Gasteiger partial charge on any atom is 0.235 e. The highest BCUT2D eigenvalue weighted by Gasteiger charge is 2.05. The maximum absolute atomic E-state index is 4.36. The van der Waals surface area contributed by atoms with Crippen molar-refractivity contribution in [2.24, 2.45) is 0 Å². The summed E-state index contributed by atoms with van der Waals surface area (Å²) in [7, 11) is 0. The third kappa shape index (κ3) is 3.18. The lowest BCUT2D eigenvalue weighted by atomic mass is 10.3. The van der Waals surface area contributed by atoms with Gasteiger partial charge in [-0.05, 0) is 26.3 Å². The number of nitrogens with zero attached hydrogens (tertiary/aromatic N) is 3. The Morgan fingerprint density at radius 2 is 1.86 bits per heavy atom. The summed E-state index contributed by atoms with van der Waals surface area (Å²) in [6.45, 7) is 6.99. The predicted octanol–water partition coefficient (Wildman–Crippen LogP) is 2.54. The number of rotatable bonds is 4. The Bertz CT molecular complexity index is 281. The fourth-order valence-corrected chi connectivity index (χ4v) is 1.46. The van der Waals surface area contributed by atoms with Crippen molar-refractivity contribution in [3.63, 3.8) is 0 Å². The molecule has 1 aromatic heterocycles. The fourth-order valence-electron chi connectivity index (χ4n) is 1.23. The topological polar surface area (TPSA) is 29.0 Å². The lowest BCUT2D eigenvalue weighted by molar-refractivity contribution is 0.795. The number of anilines is 1. The zero-order chi connectivity index (χ0) is 10.6. The van der Waals surface area contributed by atoms with Crippen LogP contribution >= 0.6 is 12.8 Å². The number of thiol groups is 1. The lowest BCUT2D eigenvalue weighted by Crippen LogP contribution is -2.15. The summed E-state index contributed by atoms with van der Waals surface area (Å²) >= 11 is 4.36. The van der Waals surface area contributed by atoms with E-state index < -0.39 is 0 Å². The molecule has 0 aliphatic carbocycles. The summed E-state index contributed by atoms with van der Waals surface area (Å²) in [6.07, 6.45) is 2.27. The third-order valence-corrected chi connectivity index (χ3v) is 2.30. The molecule has 0 N–H and O–H groups in total. The van der Waals surface area contributed by atoms with Crippen LogP contribution in [-0.4, -0.2) is 16.5 Å².